The van der Waals surface area contributed by atoms with E-state index in [1.54, 1.807) is 16.2 Å². The average molecular weight is 309 g/mol. The summed E-state index contributed by atoms with van der Waals surface area (Å²) < 4.78 is 27.5. The monoisotopic (exact) mass is 309 g/mol. The number of hydrogen-bond donors (Lipinski definition) is 1. The first-order valence-corrected chi connectivity index (χ1v) is 7.85. The Hall–Kier alpha value is -1.53. The van der Waals surface area contributed by atoms with Crippen LogP contribution in [0.2, 0.25) is 0 Å². The highest BCUT2D eigenvalue weighted by Gasteiger charge is 2.26. The molecule has 0 saturated carbocycles. The zero-order valence-electron chi connectivity index (χ0n) is 11.8. The van der Waals surface area contributed by atoms with Gasteiger partial charge in [0.1, 0.15) is 22.3 Å². The molecule has 1 aromatic carbocycles. The summed E-state index contributed by atoms with van der Waals surface area (Å²) in [4.78, 5) is 6.17. The molecule has 2 aromatic rings. The van der Waals surface area contributed by atoms with Gasteiger partial charge in [0.25, 0.3) is 0 Å². The van der Waals surface area contributed by atoms with E-state index >= 15 is 0 Å². The summed E-state index contributed by atoms with van der Waals surface area (Å²) in [6, 6.07) is 4.23. The molecule has 21 heavy (non-hydrogen) atoms. The molecule has 1 aliphatic rings. The second kappa shape index (κ2) is 6.07. The third-order valence-electron chi connectivity index (χ3n) is 3.65. The van der Waals surface area contributed by atoms with E-state index in [0.717, 1.165) is 17.1 Å². The minimum atomic E-state index is -0.494. The van der Waals surface area contributed by atoms with Crippen molar-refractivity contribution in [3.05, 3.63) is 45.9 Å². The molecule has 1 saturated heterocycles. The van der Waals surface area contributed by atoms with E-state index < -0.39 is 11.6 Å². The molecule has 6 heteroatoms. The first kappa shape index (κ1) is 14.4. The maximum atomic E-state index is 13.8. The van der Waals surface area contributed by atoms with Crippen LogP contribution in [0.25, 0.3) is 0 Å². The van der Waals surface area contributed by atoms with Crippen LogP contribution in [0.15, 0.2) is 23.6 Å². The largest absolute Gasteiger partial charge is 0.365 e. The SMILES string of the molecule is Cc1csc(CNC2CCN(c3c(F)cccc3F)C2)n1. The van der Waals surface area contributed by atoms with Gasteiger partial charge < -0.3 is 10.2 Å². The van der Waals surface area contributed by atoms with Crippen LogP contribution in [0.4, 0.5) is 14.5 Å². The number of aryl methyl sites for hydroxylation is 1. The van der Waals surface area contributed by atoms with E-state index in [-0.39, 0.29) is 11.7 Å². The molecular weight excluding hydrogens is 292 g/mol. The van der Waals surface area contributed by atoms with E-state index in [9.17, 15) is 8.78 Å². The van der Waals surface area contributed by atoms with Crippen molar-refractivity contribution >= 4 is 17.0 Å². The lowest BCUT2D eigenvalue weighted by Gasteiger charge is -2.20. The van der Waals surface area contributed by atoms with Crippen LogP contribution in [0.1, 0.15) is 17.1 Å². The Morgan fingerprint density at radius 2 is 2.14 bits per heavy atom. The molecule has 1 N–H and O–H groups in total. The number of hydrogen-bond acceptors (Lipinski definition) is 4. The lowest BCUT2D eigenvalue weighted by atomic mass is 10.2. The molecule has 0 spiro atoms. The number of rotatable bonds is 4. The summed E-state index contributed by atoms with van der Waals surface area (Å²) in [5.74, 6) is -0.989. The maximum absolute atomic E-state index is 13.8. The van der Waals surface area contributed by atoms with Gasteiger partial charge in [-0.1, -0.05) is 6.07 Å². The highest BCUT2D eigenvalue weighted by atomic mass is 32.1. The number of aromatic nitrogens is 1. The molecule has 1 aromatic heterocycles. The average Bonchev–Trinajstić information content (AvgIpc) is 3.06. The van der Waals surface area contributed by atoms with Crippen molar-refractivity contribution in [2.75, 3.05) is 18.0 Å². The van der Waals surface area contributed by atoms with Crippen molar-refractivity contribution in [2.24, 2.45) is 0 Å². The minimum Gasteiger partial charge on any atom is -0.365 e. The Bertz CT molecular complexity index is 609. The molecule has 0 amide bonds. The van der Waals surface area contributed by atoms with Gasteiger partial charge in [0.05, 0.1) is 0 Å². The number of thiazole rings is 1. The summed E-state index contributed by atoms with van der Waals surface area (Å²) in [5, 5.41) is 6.48. The second-order valence-electron chi connectivity index (χ2n) is 5.27. The molecule has 1 atom stereocenters. The highest BCUT2D eigenvalue weighted by molar-refractivity contribution is 7.09. The van der Waals surface area contributed by atoms with Gasteiger partial charge in [-0.3, -0.25) is 0 Å². The molecule has 1 unspecified atom stereocenters. The molecule has 3 rings (SSSR count). The molecule has 0 radical (unpaired) electrons. The quantitative estimate of drug-likeness (QED) is 0.940. The van der Waals surface area contributed by atoms with E-state index in [1.807, 2.05) is 12.3 Å². The fourth-order valence-electron chi connectivity index (χ4n) is 2.64. The van der Waals surface area contributed by atoms with Gasteiger partial charge in [-0.25, -0.2) is 13.8 Å². The number of anilines is 1. The van der Waals surface area contributed by atoms with Crippen molar-refractivity contribution in [3.63, 3.8) is 0 Å². The van der Waals surface area contributed by atoms with E-state index in [2.05, 4.69) is 10.3 Å². The van der Waals surface area contributed by atoms with Crippen molar-refractivity contribution in [3.8, 4) is 0 Å². The van der Waals surface area contributed by atoms with Crippen LogP contribution in [0.5, 0.6) is 0 Å². The maximum Gasteiger partial charge on any atom is 0.149 e. The summed E-state index contributed by atoms with van der Waals surface area (Å²) in [5.41, 5.74) is 1.12. The van der Waals surface area contributed by atoms with Gasteiger partial charge >= 0.3 is 0 Å². The van der Waals surface area contributed by atoms with Gasteiger partial charge in [0.2, 0.25) is 0 Å². The Morgan fingerprint density at radius 3 is 2.81 bits per heavy atom. The summed E-state index contributed by atoms with van der Waals surface area (Å²) in [6.07, 6.45) is 0.873. The van der Waals surface area contributed by atoms with Crippen molar-refractivity contribution < 1.29 is 8.78 Å². The van der Waals surface area contributed by atoms with Crippen molar-refractivity contribution in [1.82, 2.24) is 10.3 Å². The Kier molecular flexibility index (Phi) is 4.17. The molecule has 1 fully saturated rings. The predicted octanol–water partition coefficient (Wildman–Crippen LogP) is 3.10. The Labute approximate surface area is 126 Å². The first-order chi connectivity index (χ1) is 10.1. The minimum absolute atomic E-state index is 0.0897. The fourth-order valence-corrected chi connectivity index (χ4v) is 3.36. The molecule has 0 bridgehead atoms. The van der Waals surface area contributed by atoms with Crippen LogP contribution >= 0.6 is 11.3 Å². The van der Waals surface area contributed by atoms with E-state index in [1.165, 1.54) is 18.2 Å². The van der Waals surface area contributed by atoms with E-state index in [4.69, 9.17) is 0 Å². The third kappa shape index (κ3) is 3.22. The van der Waals surface area contributed by atoms with Crippen LogP contribution in [-0.2, 0) is 6.54 Å². The molecule has 0 aliphatic carbocycles. The van der Waals surface area contributed by atoms with E-state index in [0.29, 0.717) is 19.6 Å². The summed E-state index contributed by atoms with van der Waals surface area (Å²) >= 11 is 1.63. The zero-order chi connectivity index (χ0) is 14.8. The number of nitrogens with zero attached hydrogens (tertiary/aromatic N) is 2. The molecule has 1 aliphatic heterocycles. The number of para-hydroxylation sites is 1. The molecule has 112 valence electrons. The molecule has 3 nitrogen and oxygen atoms in total. The Morgan fingerprint density at radius 1 is 1.38 bits per heavy atom. The van der Waals surface area contributed by atoms with Gasteiger partial charge in [-0.05, 0) is 25.5 Å². The second-order valence-corrected chi connectivity index (χ2v) is 6.21. The smallest absolute Gasteiger partial charge is 0.149 e. The zero-order valence-corrected chi connectivity index (χ0v) is 12.6. The highest BCUT2D eigenvalue weighted by Crippen LogP contribution is 2.26. The van der Waals surface area contributed by atoms with Gasteiger partial charge in [0.15, 0.2) is 0 Å². The van der Waals surface area contributed by atoms with Crippen molar-refractivity contribution in [2.45, 2.75) is 25.9 Å². The lowest BCUT2D eigenvalue weighted by molar-refractivity contribution is 0.545. The topological polar surface area (TPSA) is 28.2 Å². The third-order valence-corrected chi connectivity index (χ3v) is 4.62. The van der Waals surface area contributed by atoms with Crippen LogP contribution in [-0.4, -0.2) is 24.1 Å². The number of benzene rings is 1. The fraction of sp³-hybridized carbons (Fsp3) is 0.400. The summed E-state index contributed by atoms with van der Waals surface area (Å²) in [7, 11) is 0. The summed E-state index contributed by atoms with van der Waals surface area (Å²) in [6.45, 7) is 3.95. The first-order valence-electron chi connectivity index (χ1n) is 6.97. The lowest BCUT2D eigenvalue weighted by Crippen LogP contribution is -2.32. The van der Waals surface area contributed by atoms with Crippen LogP contribution < -0.4 is 10.2 Å². The Balaban J connectivity index is 1.60. The van der Waals surface area contributed by atoms with Gasteiger partial charge in [0, 0.05) is 36.8 Å². The molecular formula is C15H17F2N3S. The normalized spacial score (nSPS) is 18.4. The number of halogens is 2. The molecule has 2 heterocycles. The van der Waals surface area contributed by atoms with Gasteiger partial charge in [-0.2, -0.15) is 0 Å². The number of nitrogens with one attached hydrogen (secondary N) is 1. The standard InChI is InChI=1S/C15H17F2N3S/c1-10-9-21-14(19-10)7-18-11-5-6-20(8-11)15-12(16)3-2-4-13(15)17/h2-4,9,11,18H,5-8H2,1H3. The predicted molar refractivity (Wildman–Crippen MR) is 80.7 cm³/mol. The van der Waals surface area contributed by atoms with Gasteiger partial charge in [-0.15, -0.1) is 11.3 Å². The van der Waals surface area contributed by atoms with Crippen LogP contribution in [0, 0.1) is 18.6 Å². The van der Waals surface area contributed by atoms with Crippen LogP contribution in [0.3, 0.4) is 0 Å². The van der Waals surface area contributed by atoms with Crippen molar-refractivity contribution in [1.29, 1.82) is 0 Å².